The van der Waals surface area contributed by atoms with Crippen LogP contribution in [0.4, 0.5) is 0 Å². The predicted octanol–water partition coefficient (Wildman–Crippen LogP) is -4.67. The Balaban J connectivity index is 0. The van der Waals surface area contributed by atoms with Gasteiger partial charge in [-0.15, -0.1) is 0 Å². The van der Waals surface area contributed by atoms with E-state index >= 15 is 0 Å². The molecule has 0 bridgehead atoms. The maximum atomic E-state index is 0. The molecule has 0 fully saturated rings. The molecule has 0 atom stereocenters. The largest absolute Gasteiger partial charge is 0.412 e. The van der Waals surface area contributed by atoms with Gasteiger partial charge >= 0.3 is 46.1 Å². The van der Waals surface area contributed by atoms with Gasteiger partial charge in [-0.25, -0.2) is 0 Å². The summed E-state index contributed by atoms with van der Waals surface area (Å²) in [6.45, 7) is 0. The molecule has 4 N–H and O–H groups in total. The Hall–Kier alpha value is 1.98. The van der Waals surface area contributed by atoms with Crippen molar-refractivity contribution in [3.8, 4) is 0 Å². The van der Waals surface area contributed by atoms with Crippen LogP contribution >= 0.6 is 0 Å². The first-order valence-electron chi connectivity index (χ1n) is 0. The first-order chi connectivity index (χ1) is 0. The molecule has 0 heterocycles. The molecule has 0 aromatic carbocycles. The minimum absolute atomic E-state index is 0. The Labute approximate surface area is 73.7 Å². The van der Waals surface area contributed by atoms with Crippen molar-refractivity contribution in [1.82, 2.24) is 0 Å². The highest BCUT2D eigenvalue weighted by molar-refractivity contribution is 5.76. The normalized spacial score (nSPS) is 0. The van der Waals surface area contributed by atoms with Crippen LogP contribution in [0.5, 0.6) is 0 Å². The van der Waals surface area contributed by atoms with E-state index < -0.39 is 0 Å². The summed E-state index contributed by atoms with van der Waals surface area (Å²) in [4.78, 5) is 0. The van der Waals surface area contributed by atoms with Gasteiger partial charge in [-0.05, 0) is 0 Å². The molecule has 0 aromatic heterocycles. The third-order valence-electron chi connectivity index (χ3n) is 0. The Morgan fingerprint density at radius 3 is 0.600 bits per heavy atom. The average Bonchev–Trinajstić information content (AvgIpc) is 0. The lowest BCUT2D eigenvalue weighted by atomic mass is 16.0. The van der Waals surface area contributed by atoms with Crippen LogP contribution in [-0.4, -0.2) is 74.4 Å². The van der Waals surface area contributed by atoms with Gasteiger partial charge in [0, 0.05) is 0 Å². The molecule has 0 amide bonds. The summed E-state index contributed by atoms with van der Waals surface area (Å²) in [5.41, 5.74) is 0. The highest BCUT2D eigenvalue weighted by Crippen LogP contribution is -0.288. The minimum atomic E-state index is 0. The molecule has 0 rings (SSSR count). The minimum Gasteiger partial charge on any atom is -0.412 e. The molecule has 5 heteroatoms. The highest BCUT2D eigenvalue weighted by atomic mass is 27.0. The van der Waals surface area contributed by atoms with Gasteiger partial charge in [0.05, 0.1) is 0 Å². The molecule has 0 aliphatic rings. The topological polar surface area (TPSA) is 63.0 Å². The third-order valence-corrected chi connectivity index (χ3v) is 0. The van der Waals surface area contributed by atoms with E-state index in [0.717, 1.165) is 0 Å². The van der Waals surface area contributed by atoms with E-state index in [1.165, 1.54) is 0 Å². The van der Waals surface area contributed by atoms with Crippen molar-refractivity contribution >= 4 is 63.5 Å². The highest BCUT2D eigenvalue weighted by Gasteiger charge is 0.317. The Morgan fingerprint density at radius 2 is 0.600 bits per heavy atom. The molecule has 30 valence electrons. The fraction of sp³-hybridized carbons (Fsp3) is 0. The second kappa shape index (κ2) is 37.7. The summed E-state index contributed by atoms with van der Waals surface area (Å²) in [7, 11) is 0. The van der Waals surface area contributed by atoms with E-state index in [-0.39, 0.29) is 74.4 Å². The van der Waals surface area contributed by atoms with Gasteiger partial charge in [0.15, 0.2) is 17.4 Å². The summed E-state index contributed by atoms with van der Waals surface area (Å²) in [6.07, 6.45) is 0. The average molecular weight is 119 g/mol. The van der Waals surface area contributed by atoms with Crippen LogP contribution in [0, 0.1) is 0 Å². The van der Waals surface area contributed by atoms with E-state index in [1.54, 1.807) is 0 Å². The molecule has 0 spiro atoms. The van der Waals surface area contributed by atoms with Crippen molar-refractivity contribution in [3.63, 3.8) is 0 Å². The first kappa shape index (κ1) is 63.5. The van der Waals surface area contributed by atoms with Gasteiger partial charge < -0.3 is 11.0 Å². The standard InChI is InChI=1S/Al.2Mg.2H2O.7H/h;;;2*1H2;;;;;;;. The molecule has 0 saturated heterocycles. The lowest BCUT2D eigenvalue weighted by Gasteiger charge is -0.413. The Bertz CT molecular complexity index is 7.61. The zero-order valence-corrected chi connectivity index (χ0v) is 1.00. The molecule has 2 nitrogen and oxygen atoms in total. The Kier molecular flexibility index (Phi) is 479. The van der Waals surface area contributed by atoms with E-state index in [9.17, 15) is 0 Å². The van der Waals surface area contributed by atoms with Gasteiger partial charge in [-0.3, -0.25) is 0 Å². The quantitative estimate of drug-likeness (QED) is 0.287. The maximum absolute atomic E-state index is 0. The van der Waals surface area contributed by atoms with Crippen LogP contribution in [0.2, 0.25) is 0 Å². The van der Waals surface area contributed by atoms with E-state index in [0.29, 0.717) is 0 Å². The summed E-state index contributed by atoms with van der Waals surface area (Å²) in [6, 6.07) is 0. The molecule has 0 unspecified atom stereocenters. The fourth-order valence-corrected chi connectivity index (χ4v) is 0. The van der Waals surface area contributed by atoms with Crippen molar-refractivity contribution in [2.75, 3.05) is 0 Å². The van der Waals surface area contributed by atoms with Crippen LogP contribution < -0.4 is 0 Å². The second-order valence-electron chi connectivity index (χ2n) is 0. The molecule has 0 aliphatic carbocycles. The summed E-state index contributed by atoms with van der Waals surface area (Å²) in [5, 5.41) is 0. The zero-order valence-electron chi connectivity index (χ0n) is 1.00. The maximum Gasteiger partial charge on any atom is 0.316 e. The van der Waals surface area contributed by atoms with Crippen molar-refractivity contribution in [1.29, 1.82) is 0 Å². The zero-order chi connectivity index (χ0) is 0. The third kappa shape index (κ3) is 24.1. The predicted molar refractivity (Wildman–Crippen MR) is 34.3 cm³/mol. The van der Waals surface area contributed by atoms with E-state index in [2.05, 4.69) is 0 Å². The molecule has 0 radical (unpaired) electrons. The number of hydrogen-bond donors (Lipinski definition) is 0. The molecule has 0 saturated carbocycles. The molecule has 0 aromatic rings. The lowest BCUT2D eigenvalue weighted by Crippen LogP contribution is -0.382. The van der Waals surface area contributed by atoms with Crippen LogP contribution in [0.15, 0.2) is 0 Å². The summed E-state index contributed by atoms with van der Waals surface area (Å²) in [5.74, 6) is 0. The number of rotatable bonds is 0. The SMILES string of the molecule is O.O.[AlH3].[MgH2].[MgH2]. The van der Waals surface area contributed by atoms with E-state index in [4.69, 9.17) is 0 Å². The van der Waals surface area contributed by atoms with Gasteiger partial charge in [-0.2, -0.15) is 0 Å². The fourth-order valence-electron chi connectivity index (χ4n) is 0. The van der Waals surface area contributed by atoms with Gasteiger partial charge in [-0.1, -0.05) is 0 Å². The second-order valence-corrected chi connectivity index (χ2v) is 0. The van der Waals surface area contributed by atoms with Gasteiger partial charge in [0.1, 0.15) is 0 Å². The number of hydrogen-bond acceptors (Lipinski definition) is 0. The molecule has 5 heavy (non-hydrogen) atoms. The molecular formula is H11AlMg2O2. The summed E-state index contributed by atoms with van der Waals surface area (Å²) < 4.78 is 0. The van der Waals surface area contributed by atoms with Crippen molar-refractivity contribution in [2.45, 2.75) is 0 Å². The van der Waals surface area contributed by atoms with Crippen molar-refractivity contribution in [2.24, 2.45) is 0 Å². The monoisotopic (exact) mass is 118 g/mol. The Morgan fingerprint density at radius 1 is 0.600 bits per heavy atom. The lowest BCUT2D eigenvalue weighted by molar-refractivity contribution is 0.823. The van der Waals surface area contributed by atoms with Crippen LogP contribution in [0.1, 0.15) is 0 Å². The van der Waals surface area contributed by atoms with Crippen molar-refractivity contribution in [3.05, 3.63) is 0 Å². The van der Waals surface area contributed by atoms with Gasteiger partial charge in [0.25, 0.3) is 0 Å². The smallest absolute Gasteiger partial charge is 0.316 e. The van der Waals surface area contributed by atoms with E-state index in [1.807, 2.05) is 0 Å². The van der Waals surface area contributed by atoms with Gasteiger partial charge in [0.2, 0.25) is 0 Å². The molecular weight excluding hydrogens is 108 g/mol. The van der Waals surface area contributed by atoms with Crippen LogP contribution in [-0.2, 0) is 0 Å². The molecule has 0 aliphatic heterocycles. The van der Waals surface area contributed by atoms with Crippen molar-refractivity contribution < 1.29 is 11.0 Å². The van der Waals surface area contributed by atoms with Crippen LogP contribution in [0.3, 0.4) is 0 Å². The first-order valence-corrected chi connectivity index (χ1v) is 0. The van der Waals surface area contributed by atoms with Crippen LogP contribution in [0.25, 0.3) is 0 Å². The summed E-state index contributed by atoms with van der Waals surface area (Å²) >= 11 is 0.